The standard InChI is InChI=1S/C24H21BrN2O3S/c1-17-9-11-18(12-10-17)16-31(29,30)23-14-27(22-8-3-2-7-21(22)23)15-24(28)26-20-6-4-5-19(25)13-20/h2-14H,15-16H2,1H3,(H,26,28). The molecule has 1 amide bonds. The SMILES string of the molecule is Cc1ccc(CS(=O)(=O)c2cn(CC(=O)Nc3cccc(Br)c3)c3ccccc23)cc1. The number of hydrogen-bond donors (Lipinski definition) is 1. The Kier molecular flexibility index (Phi) is 5.98. The molecule has 0 fully saturated rings. The molecule has 158 valence electrons. The summed E-state index contributed by atoms with van der Waals surface area (Å²) in [7, 11) is -3.59. The molecule has 31 heavy (non-hydrogen) atoms. The highest BCUT2D eigenvalue weighted by molar-refractivity contribution is 9.10. The van der Waals surface area contributed by atoms with Crippen molar-refractivity contribution in [2.45, 2.75) is 24.1 Å². The molecule has 0 spiro atoms. The lowest BCUT2D eigenvalue weighted by atomic mass is 10.2. The Morgan fingerprint density at radius 3 is 2.48 bits per heavy atom. The summed E-state index contributed by atoms with van der Waals surface area (Å²) in [5.41, 5.74) is 3.18. The van der Waals surface area contributed by atoms with Crippen LogP contribution in [0.1, 0.15) is 11.1 Å². The first-order chi connectivity index (χ1) is 14.8. The van der Waals surface area contributed by atoms with E-state index < -0.39 is 9.84 Å². The number of nitrogens with one attached hydrogen (secondary N) is 1. The predicted molar refractivity (Wildman–Crippen MR) is 127 cm³/mol. The van der Waals surface area contributed by atoms with Crippen LogP contribution in [-0.2, 0) is 26.9 Å². The van der Waals surface area contributed by atoms with Crippen molar-refractivity contribution in [2.75, 3.05) is 5.32 Å². The quantitative estimate of drug-likeness (QED) is 0.392. The van der Waals surface area contributed by atoms with E-state index in [1.807, 2.05) is 61.5 Å². The molecule has 0 saturated heterocycles. The summed E-state index contributed by atoms with van der Waals surface area (Å²) in [6, 6.07) is 22.0. The number of aryl methyl sites for hydroxylation is 1. The van der Waals surface area contributed by atoms with Gasteiger partial charge in [0.05, 0.1) is 10.6 Å². The van der Waals surface area contributed by atoms with Gasteiger partial charge in [0.15, 0.2) is 9.84 Å². The van der Waals surface area contributed by atoms with Gasteiger partial charge in [-0.25, -0.2) is 8.42 Å². The summed E-state index contributed by atoms with van der Waals surface area (Å²) in [5.74, 6) is -0.327. The second-order valence-electron chi connectivity index (χ2n) is 7.44. The molecule has 0 radical (unpaired) electrons. The summed E-state index contributed by atoms with van der Waals surface area (Å²) < 4.78 is 29.0. The summed E-state index contributed by atoms with van der Waals surface area (Å²) in [4.78, 5) is 12.9. The van der Waals surface area contributed by atoms with Crippen LogP contribution in [0.3, 0.4) is 0 Å². The molecular weight excluding hydrogens is 476 g/mol. The molecule has 5 nitrogen and oxygen atoms in total. The number of fused-ring (bicyclic) bond motifs is 1. The Labute approximate surface area is 189 Å². The molecule has 4 rings (SSSR count). The minimum absolute atomic E-state index is 0.00702. The van der Waals surface area contributed by atoms with E-state index in [9.17, 15) is 13.2 Å². The maximum Gasteiger partial charge on any atom is 0.244 e. The highest BCUT2D eigenvalue weighted by Crippen LogP contribution is 2.28. The van der Waals surface area contributed by atoms with E-state index in [1.165, 1.54) is 0 Å². The molecule has 0 aliphatic carbocycles. The number of hydrogen-bond acceptors (Lipinski definition) is 3. The van der Waals surface area contributed by atoms with Gasteiger partial charge in [0, 0.05) is 27.3 Å². The van der Waals surface area contributed by atoms with Crippen LogP contribution in [0.15, 0.2) is 88.4 Å². The number of halogens is 1. The number of carbonyl (C=O) groups is 1. The number of amides is 1. The summed E-state index contributed by atoms with van der Waals surface area (Å²) in [6.45, 7) is 1.97. The second kappa shape index (κ2) is 8.69. The molecule has 0 unspecified atom stereocenters. The molecule has 4 aromatic rings. The van der Waals surface area contributed by atoms with Crippen LogP contribution in [-0.4, -0.2) is 18.9 Å². The van der Waals surface area contributed by atoms with E-state index in [0.29, 0.717) is 16.6 Å². The van der Waals surface area contributed by atoms with Crippen LogP contribution < -0.4 is 5.32 Å². The Hall–Kier alpha value is -2.90. The zero-order valence-electron chi connectivity index (χ0n) is 16.9. The van der Waals surface area contributed by atoms with Gasteiger partial charge in [0.2, 0.25) is 5.91 Å². The predicted octanol–water partition coefficient (Wildman–Crippen LogP) is 5.32. The fourth-order valence-corrected chi connectivity index (χ4v) is 5.48. The first-order valence-electron chi connectivity index (χ1n) is 9.73. The van der Waals surface area contributed by atoms with Gasteiger partial charge < -0.3 is 9.88 Å². The molecule has 1 aromatic heterocycles. The molecule has 7 heteroatoms. The third-order valence-corrected chi connectivity index (χ3v) is 7.19. The normalized spacial score (nSPS) is 11.5. The van der Waals surface area contributed by atoms with Gasteiger partial charge in [0.1, 0.15) is 6.54 Å². The zero-order valence-corrected chi connectivity index (χ0v) is 19.3. The fraction of sp³-hybridized carbons (Fsp3) is 0.125. The highest BCUT2D eigenvalue weighted by Gasteiger charge is 2.22. The van der Waals surface area contributed by atoms with Crippen molar-refractivity contribution in [3.8, 4) is 0 Å². The van der Waals surface area contributed by atoms with Crippen molar-refractivity contribution in [2.24, 2.45) is 0 Å². The average Bonchev–Trinajstić information content (AvgIpc) is 3.09. The maximum absolute atomic E-state index is 13.2. The number of nitrogens with zero attached hydrogens (tertiary/aromatic N) is 1. The Morgan fingerprint density at radius 2 is 1.74 bits per heavy atom. The lowest BCUT2D eigenvalue weighted by Gasteiger charge is -2.07. The van der Waals surface area contributed by atoms with Gasteiger partial charge in [-0.15, -0.1) is 0 Å². The maximum atomic E-state index is 13.2. The van der Waals surface area contributed by atoms with Gasteiger partial charge in [-0.3, -0.25) is 4.79 Å². The van der Waals surface area contributed by atoms with Gasteiger partial charge in [-0.05, 0) is 36.8 Å². The highest BCUT2D eigenvalue weighted by atomic mass is 79.9. The van der Waals surface area contributed by atoms with E-state index in [2.05, 4.69) is 21.2 Å². The molecular formula is C24H21BrN2O3S. The minimum atomic E-state index is -3.59. The molecule has 3 aromatic carbocycles. The van der Waals surface area contributed by atoms with E-state index in [4.69, 9.17) is 0 Å². The first-order valence-corrected chi connectivity index (χ1v) is 12.2. The van der Waals surface area contributed by atoms with Crippen LogP contribution >= 0.6 is 15.9 Å². The van der Waals surface area contributed by atoms with Crippen molar-refractivity contribution >= 4 is 48.3 Å². The fourth-order valence-electron chi connectivity index (χ4n) is 3.49. The number of para-hydroxylation sites is 1. The third kappa shape index (κ3) is 4.89. The van der Waals surface area contributed by atoms with E-state index in [-0.39, 0.29) is 23.1 Å². The van der Waals surface area contributed by atoms with Crippen LogP contribution in [0.25, 0.3) is 10.9 Å². The van der Waals surface area contributed by atoms with Crippen LogP contribution in [0, 0.1) is 6.92 Å². The Balaban J connectivity index is 1.64. The number of carbonyl (C=O) groups excluding carboxylic acids is 1. The molecule has 0 saturated carbocycles. The summed E-state index contributed by atoms with van der Waals surface area (Å²) in [5, 5.41) is 3.47. The first kappa shape index (κ1) is 21.3. The smallest absolute Gasteiger partial charge is 0.244 e. The second-order valence-corrected chi connectivity index (χ2v) is 10.3. The van der Waals surface area contributed by atoms with Crippen LogP contribution in [0.5, 0.6) is 0 Å². The average molecular weight is 497 g/mol. The van der Waals surface area contributed by atoms with Gasteiger partial charge in [-0.1, -0.05) is 70.0 Å². The largest absolute Gasteiger partial charge is 0.337 e. The van der Waals surface area contributed by atoms with E-state index in [1.54, 1.807) is 29.0 Å². The van der Waals surface area contributed by atoms with E-state index >= 15 is 0 Å². The van der Waals surface area contributed by atoms with Crippen molar-refractivity contribution in [1.82, 2.24) is 4.57 Å². The number of rotatable bonds is 6. The monoisotopic (exact) mass is 496 g/mol. The lowest BCUT2D eigenvalue weighted by molar-refractivity contribution is -0.116. The van der Waals surface area contributed by atoms with Gasteiger partial charge in [-0.2, -0.15) is 0 Å². The van der Waals surface area contributed by atoms with Crippen LogP contribution in [0.2, 0.25) is 0 Å². The Morgan fingerprint density at radius 1 is 1.00 bits per heavy atom. The lowest BCUT2D eigenvalue weighted by Crippen LogP contribution is -2.18. The number of sulfone groups is 1. The molecule has 0 aliphatic rings. The molecule has 1 N–H and O–H groups in total. The van der Waals surface area contributed by atoms with Gasteiger partial charge in [0.25, 0.3) is 0 Å². The van der Waals surface area contributed by atoms with Crippen molar-refractivity contribution in [3.05, 3.63) is 94.6 Å². The number of anilines is 1. The number of aromatic nitrogens is 1. The van der Waals surface area contributed by atoms with E-state index in [0.717, 1.165) is 15.6 Å². The summed E-state index contributed by atoms with van der Waals surface area (Å²) >= 11 is 3.38. The molecule has 0 bridgehead atoms. The van der Waals surface area contributed by atoms with Crippen LogP contribution in [0.4, 0.5) is 5.69 Å². The minimum Gasteiger partial charge on any atom is -0.337 e. The van der Waals surface area contributed by atoms with Crippen molar-refractivity contribution in [3.63, 3.8) is 0 Å². The molecule has 0 aliphatic heterocycles. The molecule has 1 heterocycles. The summed E-state index contributed by atoms with van der Waals surface area (Å²) in [6.07, 6.45) is 1.56. The topological polar surface area (TPSA) is 68.2 Å². The Bertz CT molecular complexity index is 1360. The van der Waals surface area contributed by atoms with Crippen molar-refractivity contribution < 1.29 is 13.2 Å². The van der Waals surface area contributed by atoms with Gasteiger partial charge >= 0.3 is 0 Å². The molecule has 0 atom stereocenters. The number of benzene rings is 3. The van der Waals surface area contributed by atoms with Crippen molar-refractivity contribution in [1.29, 1.82) is 0 Å². The third-order valence-electron chi connectivity index (χ3n) is 4.99. The zero-order chi connectivity index (χ0) is 22.0.